The predicted molar refractivity (Wildman–Crippen MR) is 169 cm³/mol. The number of benzene rings is 1. The van der Waals surface area contributed by atoms with E-state index in [1.807, 2.05) is 31.2 Å². The zero-order chi connectivity index (χ0) is 30.7. The second-order valence-electron chi connectivity index (χ2n) is 12.0. The number of hydrogen-bond donors (Lipinski definition) is 1. The number of rotatable bonds is 21. The van der Waals surface area contributed by atoms with Crippen molar-refractivity contribution in [2.45, 2.75) is 39.5 Å². The number of hydrogen-bond acceptors (Lipinski definition) is 9. The molecule has 244 valence electrons. The Labute approximate surface area is 259 Å². The van der Waals surface area contributed by atoms with E-state index >= 15 is 0 Å². The molecular weight excluding hydrogens is 548 g/mol. The maximum Gasteiger partial charge on any atom is 0.233 e. The van der Waals surface area contributed by atoms with Crippen LogP contribution in [-0.2, 0) is 30.2 Å². The third-order valence-electron chi connectivity index (χ3n) is 8.42. The number of nitrogens with one attached hydrogen (secondary N) is 1. The Morgan fingerprint density at radius 1 is 0.814 bits per heavy atom. The summed E-state index contributed by atoms with van der Waals surface area (Å²) in [6, 6.07) is 8.01. The van der Waals surface area contributed by atoms with Crippen LogP contribution in [0.25, 0.3) is 0 Å². The molecule has 10 heteroatoms. The van der Waals surface area contributed by atoms with Gasteiger partial charge in [0.15, 0.2) is 5.78 Å². The first-order valence-electron chi connectivity index (χ1n) is 16.3. The summed E-state index contributed by atoms with van der Waals surface area (Å²) in [5, 5.41) is 2.68. The van der Waals surface area contributed by atoms with Crippen molar-refractivity contribution in [3.8, 4) is 5.75 Å². The molecule has 1 amide bonds. The number of piperidine rings is 1. The van der Waals surface area contributed by atoms with Crippen molar-refractivity contribution in [1.29, 1.82) is 0 Å². The van der Waals surface area contributed by atoms with Gasteiger partial charge in [-0.2, -0.15) is 0 Å². The molecule has 0 spiro atoms. The number of ether oxygens (including phenoxy) is 4. The molecule has 1 aromatic carbocycles. The summed E-state index contributed by atoms with van der Waals surface area (Å²) < 4.78 is 22.9. The lowest BCUT2D eigenvalue weighted by atomic mass is 9.97. The molecule has 0 bridgehead atoms. The van der Waals surface area contributed by atoms with Crippen molar-refractivity contribution in [2.75, 3.05) is 112 Å². The third-order valence-corrected chi connectivity index (χ3v) is 8.42. The standard InChI is InChI=1S/C33H56N4O6/c1-28-9-11-35(12-10-28)17-21-40-19-4-20-41-23-24-42-27-32(38)29(2)25-30-5-7-31(8-6-30)43-22-18-36-13-15-37(16-14-36)26-33(39)34-3/h5-8,28-29H,4,9-27H2,1-3H3,(H,34,39). The van der Waals surface area contributed by atoms with E-state index in [1.54, 1.807) is 7.05 Å². The van der Waals surface area contributed by atoms with Gasteiger partial charge in [-0.15, -0.1) is 0 Å². The first kappa shape index (κ1) is 35.4. The van der Waals surface area contributed by atoms with Crippen LogP contribution in [0.3, 0.4) is 0 Å². The number of nitrogens with zero attached hydrogens (tertiary/aromatic N) is 3. The molecule has 2 fully saturated rings. The molecule has 1 N–H and O–H groups in total. The summed E-state index contributed by atoms with van der Waals surface area (Å²) in [5.74, 6) is 1.76. The number of carbonyl (C=O) groups excluding carboxylic acids is 2. The number of carbonyl (C=O) groups is 2. The molecule has 3 rings (SSSR count). The summed E-state index contributed by atoms with van der Waals surface area (Å²) in [7, 11) is 1.67. The van der Waals surface area contributed by atoms with Crippen LogP contribution in [0.4, 0.5) is 0 Å². The quantitative estimate of drug-likeness (QED) is 0.212. The minimum atomic E-state index is -0.111. The lowest BCUT2D eigenvalue weighted by Crippen LogP contribution is -2.49. The molecule has 2 saturated heterocycles. The SMILES string of the molecule is CNC(=O)CN1CCN(CCOc2ccc(CC(C)C(=O)COCCOCCCOCCN3CCC(C)CC3)cc2)CC1. The normalized spacial score (nSPS) is 18.0. The van der Waals surface area contributed by atoms with Gasteiger partial charge in [0.05, 0.1) is 26.4 Å². The molecule has 2 heterocycles. The van der Waals surface area contributed by atoms with E-state index in [4.69, 9.17) is 18.9 Å². The van der Waals surface area contributed by atoms with Crippen LogP contribution in [0.15, 0.2) is 24.3 Å². The lowest BCUT2D eigenvalue weighted by molar-refractivity contribution is -0.127. The van der Waals surface area contributed by atoms with E-state index < -0.39 is 0 Å². The molecule has 43 heavy (non-hydrogen) atoms. The van der Waals surface area contributed by atoms with Gasteiger partial charge in [0.25, 0.3) is 0 Å². The first-order valence-corrected chi connectivity index (χ1v) is 16.3. The minimum Gasteiger partial charge on any atom is -0.492 e. The molecule has 0 aromatic heterocycles. The second-order valence-corrected chi connectivity index (χ2v) is 12.0. The molecule has 0 saturated carbocycles. The van der Waals surface area contributed by atoms with Crippen molar-refractivity contribution in [3.05, 3.63) is 29.8 Å². The van der Waals surface area contributed by atoms with Crippen LogP contribution in [0.5, 0.6) is 5.75 Å². The Hall–Kier alpha value is -2.08. The Balaban J connectivity index is 1.14. The highest BCUT2D eigenvalue weighted by atomic mass is 16.5. The maximum absolute atomic E-state index is 12.5. The minimum absolute atomic E-state index is 0.0638. The molecule has 1 unspecified atom stereocenters. The fourth-order valence-electron chi connectivity index (χ4n) is 5.31. The second kappa shape index (κ2) is 20.8. The van der Waals surface area contributed by atoms with Crippen molar-refractivity contribution < 1.29 is 28.5 Å². The maximum atomic E-state index is 12.5. The van der Waals surface area contributed by atoms with E-state index in [-0.39, 0.29) is 24.2 Å². The van der Waals surface area contributed by atoms with E-state index in [2.05, 4.69) is 26.9 Å². The lowest BCUT2D eigenvalue weighted by Gasteiger charge is -2.34. The predicted octanol–water partition coefficient (Wildman–Crippen LogP) is 2.35. The Kier molecular flexibility index (Phi) is 17.1. The summed E-state index contributed by atoms with van der Waals surface area (Å²) in [6.45, 7) is 16.5. The molecule has 10 nitrogen and oxygen atoms in total. The highest BCUT2D eigenvalue weighted by Crippen LogP contribution is 2.17. The highest BCUT2D eigenvalue weighted by Gasteiger charge is 2.19. The fraction of sp³-hybridized carbons (Fsp3) is 0.758. The fourth-order valence-corrected chi connectivity index (χ4v) is 5.31. The number of likely N-dealkylation sites (tertiary alicyclic amines) is 1. The Bertz CT molecular complexity index is 901. The Morgan fingerprint density at radius 3 is 2.12 bits per heavy atom. The number of ketones is 1. The Morgan fingerprint density at radius 2 is 1.42 bits per heavy atom. The van der Waals surface area contributed by atoms with E-state index in [9.17, 15) is 9.59 Å². The smallest absolute Gasteiger partial charge is 0.233 e. The largest absolute Gasteiger partial charge is 0.492 e. The topological polar surface area (TPSA) is 92.8 Å². The first-order chi connectivity index (χ1) is 20.9. The van der Waals surface area contributed by atoms with Crippen LogP contribution in [-0.4, -0.2) is 139 Å². The van der Waals surface area contributed by atoms with Gasteiger partial charge in [-0.1, -0.05) is 26.0 Å². The number of Topliss-reactive ketones (excluding diaryl/α,β-unsaturated/α-hetero) is 1. The van der Waals surface area contributed by atoms with Gasteiger partial charge < -0.3 is 29.2 Å². The average Bonchev–Trinajstić information content (AvgIpc) is 3.02. The molecule has 1 aromatic rings. The van der Waals surface area contributed by atoms with Crippen LogP contribution in [0.2, 0.25) is 0 Å². The summed E-state index contributed by atoms with van der Waals surface area (Å²) in [5.41, 5.74) is 1.11. The monoisotopic (exact) mass is 604 g/mol. The van der Waals surface area contributed by atoms with Crippen molar-refractivity contribution in [2.24, 2.45) is 11.8 Å². The van der Waals surface area contributed by atoms with Gasteiger partial charge in [0.2, 0.25) is 5.91 Å². The number of piperazine rings is 1. The number of likely N-dealkylation sites (N-methyl/N-ethyl adjacent to an activating group) is 1. The number of amides is 1. The molecule has 2 aliphatic rings. The molecule has 0 radical (unpaired) electrons. The third kappa shape index (κ3) is 15.0. The molecule has 0 aliphatic carbocycles. The highest BCUT2D eigenvalue weighted by molar-refractivity contribution is 5.82. The van der Waals surface area contributed by atoms with E-state index in [0.29, 0.717) is 46.0 Å². The summed E-state index contributed by atoms with van der Waals surface area (Å²) in [6.07, 6.45) is 4.15. The van der Waals surface area contributed by atoms with Crippen molar-refractivity contribution in [3.63, 3.8) is 0 Å². The van der Waals surface area contributed by atoms with Gasteiger partial charge in [0, 0.05) is 65.4 Å². The molecule has 2 aliphatic heterocycles. The van der Waals surface area contributed by atoms with Gasteiger partial charge in [0.1, 0.15) is 19.0 Å². The van der Waals surface area contributed by atoms with Crippen LogP contribution < -0.4 is 10.1 Å². The van der Waals surface area contributed by atoms with Crippen LogP contribution in [0, 0.1) is 11.8 Å². The van der Waals surface area contributed by atoms with Gasteiger partial charge in [-0.25, -0.2) is 0 Å². The zero-order valence-corrected chi connectivity index (χ0v) is 26.9. The van der Waals surface area contributed by atoms with Gasteiger partial charge >= 0.3 is 0 Å². The van der Waals surface area contributed by atoms with Gasteiger partial charge in [-0.3, -0.25) is 19.4 Å². The molecular formula is C33H56N4O6. The summed E-state index contributed by atoms with van der Waals surface area (Å²) >= 11 is 0. The van der Waals surface area contributed by atoms with Crippen molar-refractivity contribution in [1.82, 2.24) is 20.0 Å². The van der Waals surface area contributed by atoms with Crippen LogP contribution in [0.1, 0.15) is 38.7 Å². The average molecular weight is 605 g/mol. The van der Waals surface area contributed by atoms with Gasteiger partial charge in [-0.05, 0) is 62.4 Å². The zero-order valence-electron chi connectivity index (χ0n) is 26.9. The molecule has 1 atom stereocenters. The van der Waals surface area contributed by atoms with E-state index in [1.165, 1.54) is 25.9 Å². The van der Waals surface area contributed by atoms with E-state index in [0.717, 1.165) is 69.5 Å². The van der Waals surface area contributed by atoms with Crippen LogP contribution >= 0.6 is 0 Å². The summed E-state index contributed by atoms with van der Waals surface area (Å²) in [4.78, 5) is 31.1. The van der Waals surface area contributed by atoms with Crippen molar-refractivity contribution >= 4 is 11.7 Å².